The lowest BCUT2D eigenvalue weighted by atomic mass is 9.90. The third-order valence-electron chi connectivity index (χ3n) is 4.16. The van der Waals surface area contributed by atoms with Crippen LogP contribution >= 0.6 is 0 Å². The number of morpholine rings is 1. The molecule has 0 radical (unpaired) electrons. The van der Waals surface area contributed by atoms with Crippen LogP contribution in [0.2, 0.25) is 0 Å². The summed E-state index contributed by atoms with van der Waals surface area (Å²) in [5.74, 6) is 1.35. The first-order chi connectivity index (χ1) is 11.0. The molecule has 128 valence electrons. The van der Waals surface area contributed by atoms with Crippen LogP contribution in [0.5, 0.6) is 11.5 Å². The minimum Gasteiger partial charge on any atom is -0.494 e. The molecule has 0 aliphatic carbocycles. The van der Waals surface area contributed by atoms with E-state index in [1.54, 1.807) is 6.07 Å². The molecule has 1 fully saturated rings. The van der Waals surface area contributed by atoms with Gasteiger partial charge in [-0.25, -0.2) is 0 Å². The van der Waals surface area contributed by atoms with Crippen molar-refractivity contribution in [1.29, 1.82) is 0 Å². The van der Waals surface area contributed by atoms with Gasteiger partial charge in [-0.15, -0.1) is 0 Å². The van der Waals surface area contributed by atoms with Gasteiger partial charge in [0, 0.05) is 13.1 Å². The van der Waals surface area contributed by atoms with Crippen molar-refractivity contribution in [3.8, 4) is 11.5 Å². The second-order valence-electron chi connectivity index (χ2n) is 6.01. The van der Waals surface area contributed by atoms with Gasteiger partial charge < -0.3 is 14.2 Å². The average molecular weight is 321 g/mol. The van der Waals surface area contributed by atoms with Crippen LogP contribution in [-0.4, -0.2) is 55.7 Å². The minimum absolute atomic E-state index is 0.0457. The quantitative estimate of drug-likeness (QED) is 0.723. The van der Waals surface area contributed by atoms with Gasteiger partial charge in [-0.1, -0.05) is 0 Å². The van der Waals surface area contributed by atoms with Gasteiger partial charge in [-0.05, 0) is 45.9 Å². The number of hydrogen-bond acceptors (Lipinski definition) is 5. The highest BCUT2D eigenvalue weighted by atomic mass is 16.5. The van der Waals surface area contributed by atoms with Gasteiger partial charge in [0.1, 0.15) is 11.5 Å². The van der Waals surface area contributed by atoms with Crippen LogP contribution in [0, 0.1) is 0 Å². The van der Waals surface area contributed by atoms with Crippen LogP contribution in [0.15, 0.2) is 18.2 Å². The zero-order valence-corrected chi connectivity index (χ0v) is 14.6. The SMILES string of the molecule is CCOc1ccc(OCC)c(C(=O)C(C)(C)N2CCOCC2)c1. The second-order valence-corrected chi connectivity index (χ2v) is 6.01. The Kier molecular flexibility index (Phi) is 6.02. The van der Waals surface area contributed by atoms with Crippen molar-refractivity contribution in [2.75, 3.05) is 39.5 Å². The summed E-state index contributed by atoms with van der Waals surface area (Å²) in [5.41, 5.74) is -0.0326. The van der Waals surface area contributed by atoms with E-state index in [0.717, 1.165) is 13.1 Å². The number of hydrogen-bond donors (Lipinski definition) is 0. The van der Waals surface area contributed by atoms with Crippen molar-refractivity contribution in [2.24, 2.45) is 0 Å². The molecule has 23 heavy (non-hydrogen) atoms. The topological polar surface area (TPSA) is 48.0 Å². The van der Waals surface area contributed by atoms with E-state index in [4.69, 9.17) is 14.2 Å². The molecule has 0 atom stereocenters. The number of carbonyl (C=O) groups excluding carboxylic acids is 1. The molecule has 0 unspecified atom stereocenters. The van der Waals surface area contributed by atoms with E-state index in [2.05, 4.69) is 4.90 Å². The summed E-state index contributed by atoms with van der Waals surface area (Å²) in [6.45, 7) is 11.7. The van der Waals surface area contributed by atoms with Gasteiger partial charge in [0.05, 0.1) is 37.5 Å². The summed E-state index contributed by atoms with van der Waals surface area (Å²) in [7, 11) is 0. The molecule has 0 spiro atoms. The van der Waals surface area contributed by atoms with Gasteiger partial charge in [-0.3, -0.25) is 9.69 Å². The highest BCUT2D eigenvalue weighted by Gasteiger charge is 2.37. The first kappa shape index (κ1) is 17.8. The van der Waals surface area contributed by atoms with Crippen molar-refractivity contribution in [2.45, 2.75) is 33.2 Å². The van der Waals surface area contributed by atoms with Gasteiger partial charge >= 0.3 is 0 Å². The Morgan fingerprint density at radius 3 is 2.43 bits per heavy atom. The first-order valence-corrected chi connectivity index (χ1v) is 8.28. The molecule has 0 bridgehead atoms. The highest BCUT2D eigenvalue weighted by Crippen LogP contribution is 2.30. The fraction of sp³-hybridized carbons (Fsp3) is 0.611. The maximum Gasteiger partial charge on any atom is 0.186 e. The molecule has 1 heterocycles. The summed E-state index contributed by atoms with van der Waals surface area (Å²) in [6.07, 6.45) is 0. The smallest absolute Gasteiger partial charge is 0.186 e. The Bertz CT molecular complexity index is 536. The van der Waals surface area contributed by atoms with Gasteiger partial charge in [0.25, 0.3) is 0 Å². The molecule has 1 aromatic carbocycles. The molecule has 5 nitrogen and oxygen atoms in total. The standard InChI is InChI=1S/C18H27NO4/c1-5-22-14-7-8-16(23-6-2)15(13-14)17(20)18(3,4)19-9-11-21-12-10-19/h7-8,13H,5-6,9-12H2,1-4H3. The van der Waals surface area contributed by atoms with Crippen molar-refractivity contribution in [3.63, 3.8) is 0 Å². The van der Waals surface area contributed by atoms with Crippen LogP contribution in [0.25, 0.3) is 0 Å². The van der Waals surface area contributed by atoms with Crippen molar-refractivity contribution in [1.82, 2.24) is 4.90 Å². The predicted molar refractivity (Wildman–Crippen MR) is 89.6 cm³/mol. The monoisotopic (exact) mass is 321 g/mol. The van der Waals surface area contributed by atoms with Crippen LogP contribution < -0.4 is 9.47 Å². The molecule has 2 rings (SSSR count). The molecule has 5 heteroatoms. The van der Waals surface area contributed by atoms with Crippen LogP contribution in [0.3, 0.4) is 0 Å². The molecule has 1 aromatic rings. The molecule has 1 aliphatic rings. The van der Waals surface area contributed by atoms with Crippen LogP contribution in [0.1, 0.15) is 38.1 Å². The van der Waals surface area contributed by atoms with Gasteiger partial charge in [-0.2, -0.15) is 0 Å². The fourth-order valence-corrected chi connectivity index (χ4v) is 2.82. The summed E-state index contributed by atoms with van der Waals surface area (Å²) < 4.78 is 16.6. The average Bonchev–Trinajstić information content (AvgIpc) is 2.57. The lowest BCUT2D eigenvalue weighted by molar-refractivity contribution is -0.00440. The number of carbonyl (C=O) groups is 1. The zero-order valence-electron chi connectivity index (χ0n) is 14.6. The Balaban J connectivity index is 2.32. The van der Waals surface area contributed by atoms with Crippen molar-refractivity contribution < 1.29 is 19.0 Å². The van der Waals surface area contributed by atoms with E-state index in [9.17, 15) is 4.79 Å². The molecule has 0 amide bonds. The largest absolute Gasteiger partial charge is 0.494 e. The third kappa shape index (κ3) is 4.03. The highest BCUT2D eigenvalue weighted by molar-refractivity contribution is 6.05. The lowest BCUT2D eigenvalue weighted by Crippen LogP contribution is -2.54. The van der Waals surface area contributed by atoms with E-state index >= 15 is 0 Å². The van der Waals surface area contributed by atoms with Crippen LogP contribution in [-0.2, 0) is 4.74 Å². The molecule has 1 saturated heterocycles. The maximum atomic E-state index is 13.2. The summed E-state index contributed by atoms with van der Waals surface area (Å²) in [4.78, 5) is 15.4. The van der Waals surface area contributed by atoms with Crippen molar-refractivity contribution >= 4 is 5.78 Å². The summed E-state index contributed by atoms with van der Waals surface area (Å²) in [6, 6.07) is 5.45. The number of rotatable bonds is 7. The molecule has 0 aromatic heterocycles. The van der Waals surface area contributed by atoms with Gasteiger partial charge in [0.2, 0.25) is 0 Å². The van der Waals surface area contributed by atoms with E-state index < -0.39 is 5.54 Å². The molecule has 1 aliphatic heterocycles. The predicted octanol–water partition coefficient (Wildman–Crippen LogP) is 2.78. The van der Waals surface area contributed by atoms with E-state index in [1.165, 1.54) is 0 Å². The number of nitrogens with zero attached hydrogens (tertiary/aromatic N) is 1. The Labute approximate surface area is 138 Å². The number of benzene rings is 1. The minimum atomic E-state index is -0.611. The fourth-order valence-electron chi connectivity index (χ4n) is 2.82. The summed E-state index contributed by atoms with van der Waals surface area (Å²) >= 11 is 0. The zero-order chi connectivity index (χ0) is 16.9. The van der Waals surface area contributed by atoms with Gasteiger partial charge in [0.15, 0.2) is 5.78 Å². The normalized spacial score (nSPS) is 16.2. The maximum absolute atomic E-state index is 13.2. The molecular formula is C18H27NO4. The molecule has 0 saturated carbocycles. The second kappa shape index (κ2) is 7.79. The third-order valence-corrected chi connectivity index (χ3v) is 4.16. The van der Waals surface area contributed by atoms with Crippen molar-refractivity contribution in [3.05, 3.63) is 23.8 Å². The Hall–Kier alpha value is -1.59. The summed E-state index contributed by atoms with van der Waals surface area (Å²) in [5, 5.41) is 0. The first-order valence-electron chi connectivity index (χ1n) is 8.28. The number of ketones is 1. The molecular weight excluding hydrogens is 294 g/mol. The van der Waals surface area contributed by atoms with Crippen LogP contribution in [0.4, 0.5) is 0 Å². The molecule has 0 N–H and O–H groups in total. The van der Waals surface area contributed by atoms with E-state index in [0.29, 0.717) is 43.5 Å². The Morgan fingerprint density at radius 1 is 1.17 bits per heavy atom. The Morgan fingerprint density at radius 2 is 1.83 bits per heavy atom. The van der Waals surface area contributed by atoms with E-state index in [1.807, 2.05) is 39.8 Å². The number of Topliss-reactive ketones (excluding diaryl/α,β-unsaturated/α-hetero) is 1. The van der Waals surface area contributed by atoms with E-state index in [-0.39, 0.29) is 5.78 Å². The number of ether oxygens (including phenoxy) is 3. The lowest BCUT2D eigenvalue weighted by Gasteiger charge is -2.39.